The molecule has 0 saturated carbocycles. The molecule has 0 fully saturated rings. The Bertz CT molecular complexity index is 262. The van der Waals surface area contributed by atoms with Gasteiger partial charge in [-0.3, -0.25) is 0 Å². The van der Waals surface area contributed by atoms with Gasteiger partial charge in [-0.1, -0.05) is 0 Å². The second-order valence-electron chi connectivity index (χ2n) is 2.21. The van der Waals surface area contributed by atoms with Crippen molar-refractivity contribution in [3.63, 3.8) is 0 Å². The lowest BCUT2D eigenvalue weighted by molar-refractivity contribution is 0.661. The maximum absolute atomic E-state index is 5.57. The van der Waals surface area contributed by atoms with Crippen LogP contribution < -0.4 is 9.92 Å². The number of nitrogen functional groups attached to an aromatic ring is 1. The number of anilines is 1. The molecular weight excluding hydrogens is 146 g/mol. The molecule has 0 atom stereocenters. The molecule has 3 heteroatoms. The van der Waals surface area contributed by atoms with E-state index in [1.165, 1.54) is 17.6 Å². The fourth-order valence-electron chi connectivity index (χ4n) is 0.950. The van der Waals surface area contributed by atoms with Crippen LogP contribution in [0.15, 0.2) is 18.2 Å². The summed E-state index contributed by atoms with van der Waals surface area (Å²) < 4.78 is 5.21. The van der Waals surface area contributed by atoms with Crippen LogP contribution in [0.3, 0.4) is 0 Å². The summed E-state index contributed by atoms with van der Waals surface area (Å²) in [5.74, 6) is 1.87. The van der Waals surface area contributed by atoms with Gasteiger partial charge in [0.15, 0.2) is 0 Å². The second-order valence-corrected chi connectivity index (χ2v) is 2.90. The molecule has 0 amide bonds. The first-order valence-corrected chi connectivity index (χ1v) is 3.95. The molecule has 10 heavy (non-hydrogen) atoms. The quantitative estimate of drug-likeness (QED) is 0.456. The summed E-state index contributed by atoms with van der Waals surface area (Å²) in [6.07, 6.45) is 0. The lowest BCUT2D eigenvalue weighted by Crippen LogP contribution is -1.84. The third-order valence-electron chi connectivity index (χ3n) is 1.45. The van der Waals surface area contributed by atoms with Gasteiger partial charge in [-0.05, 0) is 18.2 Å². The standard InChI is InChI=1S/C7H7NOS/c8-6-1-2-7-5(3-6)4-10-9-7/h1-3H,4,8H2. The molecule has 1 aromatic carbocycles. The first kappa shape index (κ1) is 5.92. The van der Waals surface area contributed by atoms with Crippen molar-refractivity contribution in [2.45, 2.75) is 5.75 Å². The van der Waals surface area contributed by atoms with E-state index >= 15 is 0 Å². The number of nitrogens with two attached hydrogens (primary N) is 1. The van der Waals surface area contributed by atoms with Gasteiger partial charge in [-0.25, -0.2) is 0 Å². The fourth-order valence-corrected chi connectivity index (χ4v) is 1.65. The van der Waals surface area contributed by atoms with E-state index in [1.807, 2.05) is 18.2 Å². The fraction of sp³-hybridized carbons (Fsp3) is 0.143. The number of hydrogen-bond acceptors (Lipinski definition) is 3. The zero-order chi connectivity index (χ0) is 6.97. The summed E-state index contributed by atoms with van der Waals surface area (Å²) in [6.45, 7) is 0. The van der Waals surface area contributed by atoms with Crippen LogP contribution >= 0.6 is 12.0 Å². The molecule has 0 unspecified atom stereocenters. The first-order valence-electron chi connectivity index (χ1n) is 3.04. The van der Waals surface area contributed by atoms with Crippen molar-refractivity contribution < 1.29 is 4.18 Å². The van der Waals surface area contributed by atoms with Gasteiger partial charge in [0, 0.05) is 11.3 Å². The Balaban J connectivity index is 2.52. The maximum atomic E-state index is 5.57. The molecule has 2 N–H and O–H groups in total. The van der Waals surface area contributed by atoms with Crippen LogP contribution in [0, 0.1) is 0 Å². The summed E-state index contributed by atoms with van der Waals surface area (Å²) in [4.78, 5) is 0. The van der Waals surface area contributed by atoms with Crippen molar-refractivity contribution in [3.8, 4) is 5.75 Å². The van der Waals surface area contributed by atoms with Gasteiger partial charge >= 0.3 is 0 Å². The molecule has 0 saturated heterocycles. The molecule has 2 nitrogen and oxygen atoms in total. The van der Waals surface area contributed by atoms with Crippen molar-refractivity contribution >= 4 is 17.7 Å². The lowest BCUT2D eigenvalue weighted by atomic mass is 10.2. The summed E-state index contributed by atoms with van der Waals surface area (Å²) in [5.41, 5.74) is 7.58. The highest BCUT2D eigenvalue weighted by Gasteiger charge is 2.11. The molecule has 0 spiro atoms. The lowest BCUT2D eigenvalue weighted by Gasteiger charge is -1.95. The van der Waals surface area contributed by atoms with E-state index in [9.17, 15) is 0 Å². The third kappa shape index (κ3) is 0.827. The summed E-state index contributed by atoms with van der Waals surface area (Å²) >= 11 is 1.46. The van der Waals surface area contributed by atoms with Crippen molar-refractivity contribution in [2.75, 3.05) is 5.73 Å². The molecular formula is C7H7NOS. The van der Waals surface area contributed by atoms with Crippen LogP contribution in [0.2, 0.25) is 0 Å². The minimum Gasteiger partial charge on any atom is -0.425 e. The highest BCUT2D eigenvalue weighted by Crippen LogP contribution is 2.34. The monoisotopic (exact) mass is 153 g/mol. The predicted molar refractivity (Wildman–Crippen MR) is 42.8 cm³/mol. The van der Waals surface area contributed by atoms with Crippen LogP contribution in [0.5, 0.6) is 5.75 Å². The Morgan fingerprint density at radius 2 is 2.40 bits per heavy atom. The minimum atomic E-state index is 0.810. The largest absolute Gasteiger partial charge is 0.425 e. The molecule has 0 aromatic heterocycles. The Hall–Kier alpha value is -0.830. The van der Waals surface area contributed by atoms with Crippen LogP contribution in [-0.4, -0.2) is 0 Å². The van der Waals surface area contributed by atoms with E-state index in [1.54, 1.807) is 0 Å². The smallest absolute Gasteiger partial charge is 0.141 e. The number of fused-ring (bicyclic) bond motifs is 1. The Labute approximate surface area is 63.6 Å². The Morgan fingerprint density at radius 1 is 1.50 bits per heavy atom. The van der Waals surface area contributed by atoms with Gasteiger partial charge in [-0.15, -0.1) is 0 Å². The molecule has 2 rings (SSSR count). The normalized spacial score (nSPS) is 14.4. The highest BCUT2D eigenvalue weighted by molar-refractivity contribution is 7.94. The first-order chi connectivity index (χ1) is 4.86. The molecule has 1 aliphatic heterocycles. The minimum absolute atomic E-state index is 0.810. The van der Waals surface area contributed by atoms with Gasteiger partial charge in [0.2, 0.25) is 0 Å². The summed E-state index contributed by atoms with van der Waals surface area (Å²) in [5, 5.41) is 0. The molecule has 1 aliphatic rings. The SMILES string of the molecule is Nc1ccc2c(c1)CSO2. The highest BCUT2D eigenvalue weighted by atomic mass is 32.2. The average molecular weight is 153 g/mol. The van der Waals surface area contributed by atoms with Crippen LogP contribution in [-0.2, 0) is 5.75 Å². The van der Waals surface area contributed by atoms with Crippen molar-refractivity contribution in [3.05, 3.63) is 23.8 Å². The average Bonchev–Trinajstić information content (AvgIpc) is 2.33. The summed E-state index contributed by atoms with van der Waals surface area (Å²) in [6, 6.07) is 5.71. The topological polar surface area (TPSA) is 35.2 Å². The van der Waals surface area contributed by atoms with E-state index in [0.29, 0.717) is 0 Å². The molecule has 0 bridgehead atoms. The van der Waals surface area contributed by atoms with Gasteiger partial charge in [-0.2, -0.15) is 0 Å². The van der Waals surface area contributed by atoms with Gasteiger partial charge in [0.05, 0.1) is 17.8 Å². The third-order valence-corrected chi connectivity index (χ3v) is 2.17. The number of rotatable bonds is 0. The zero-order valence-corrected chi connectivity index (χ0v) is 6.15. The second kappa shape index (κ2) is 2.09. The molecule has 1 aromatic rings. The molecule has 52 valence electrons. The van der Waals surface area contributed by atoms with Gasteiger partial charge < -0.3 is 9.92 Å². The number of hydrogen-bond donors (Lipinski definition) is 1. The van der Waals surface area contributed by atoms with Crippen LogP contribution in [0.25, 0.3) is 0 Å². The molecule has 1 heterocycles. The molecule has 0 aliphatic carbocycles. The zero-order valence-electron chi connectivity index (χ0n) is 5.33. The van der Waals surface area contributed by atoms with Crippen molar-refractivity contribution in [2.24, 2.45) is 0 Å². The Kier molecular flexibility index (Phi) is 1.24. The molecule has 0 radical (unpaired) electrons. The van der Waals surface area contributed by atoms with Gasteiger partial charge in [0.25, 0.3) is 0 Å². The van der Waals surface area contributed by atoms with E-state index in [2.05, 4.69) is 0 Å². The van der Waals surface area contributed by atoms with Crippen molar-refractivity contribution in [1.29, 1.82) is 0 Å². The van der Waals surface area contributed by atoms with Gasteiger partial charge in [0.1, 0.15) is 5.75 Å². The van der Waals surface area contributed by atoms with E-state index in [4.69, 9.17) is 9.92 Å². The maximum Gasteiger partial charge on any atom is 0.141 e. The van der Waals surface area contributed by atoms with Crippen LogP contribution in [0.4, 0.5) is 5.69 Å². The van der Waals surface area contributed by atoms with E-state index in [0.717, 1.165) is 17.2 Å². The van der Waals surface area contributed by atoms with E-state index in [-0.39, 0.29) is 0 Å². The number of benzene rings is 1. The van der Waals surface area contributed by atoms with E-state index < -0.39 is 0 Å². The van der Waals surface area contributed by atoms with Crippen molar-refractivity contribution in [1.82, 2.24) is 0 Å². The van der Waals surface area contributed by atoms with Crippen LogP contribution in [0.1, 0.15) is 5.56 Å². The summed E-state index contributed by atoms with van der Waals surface area (Å²) in [7, 11) is 0. The Morgan fingerprint density at radius 3 is 3.30 bits per heavy atom. The predicted octanol–water partition coefficient (Wildman–Crippen LogP) is 1.81.